The predicted octanol–water partition coefficient (Wildman–Crippen LogP) is 7.11. The van der Waals surface area contributed by atoms with Gasteiger partial charge in [-0.2, -0.15) is 0 Å². The van der Waals surface area contributed by atoms with Crippen LogP contribution in [0.25, 0.3) is 0 Å². The molecule has 14 heteroatoms. The molecule has 56 heavy (non-hydrogen) atoms. The van der Waals surface area contributed by atoms with Crippen molar-refractivity contribution in [2.45, 2.75) is 122 Å². The van der Waals surface area contributed by atoms with Crippen molar-refractivity contribution in [2.24, 2.45) is 5.73 Å². The van der Waals surface area contributed by atoms with Crippen molar-refractivity contribution in [3.63, 3.8) is 0 Å². The van der Waals surface area contributed by atoms with Gasteiger partial charge in [0.05, 0.1) is 35.7 Å². The molecule has 3 rings (SSSR count). The summed E-state index contributed by atoms with van der Waals surface area (Å²) in [6.45, 7) is 9.76. The lowest BCUT2D eigenvalue weighted by atomic mass is 9.98. The maximum atomic E-state index is 14.6. The van der Waals surface area contributed by atoms with E-state index in [0.29, 0.717) is 54.2 Å². The van der Waals surface area contributed by atoms with Crippen molar-refractivity contribution in [3.8, 4) is 0 Å². The molecule has 3 atom stereocenters. The zero-order valence-corrected chi connectivity index (χ0v) is 34.1. The van der Waals surface area contributed by atoms with Crippen LogP contribution in [-0.2, 0) is 50.1 Å². The van der Waals surface area contributed by atoms with Gasteiger partial charge < -0.3 is 25.2 Å². The number of carbonyl (C=O) groups excluding carboxylic acids is 3. The number of aliphatic hydroxyl groups excluding tert-OH is 1. The highest BCUT2D eigenvalue weighted by Crippen LogP contribution is 2.23. The molecule has 0 aliphatic carbocycles. The van der Waals surface area contributed by atoms with Gasteiger partial charge in [0.15, 0.2) is 9.84 Å². The summed E-state index contributed by atoms with van der Waals surface area (Å²) >= 11 is 0. The molecule has 0 fully saturated rings. The molecule has 0 saturated carbocycles. The molecule has 3 aromatic rings. The zero-order chi connectivity index (χ0) is 41.6. The topological polar surface area (TPSA) is 157 Å². The van der Waals surface area contributed by atoms with E-state index in [1.165, 1.54) is 4.90 Å². The molecule has 11 nitrogen and oxygen atoms in total. The lowest BCUT2D eigenvalue weighted by Crippen LogP contribution is -2.59. The minimum absolute atomic E-state index is 0.0492. The Morgan fingerprint density at radius 2 is 1.41 bits per heavy atom. The maximum Gasteiger partial charge on any atom is 0.417 e. The smallest absolute Gasteiger partial charge is 0.417 e. The number of sulfone groups is 1. The SMILES string of the molecule is CCCC(CCC)S(=O)(=O)C[C@H](N)C(=O)N(C(=O)OCc1ccccc1)[C@@H](Cc1cc(F)cc(F)c1)[C@H](O)CN(Cc1cccc(CC)c1)C(=O)OC(C)(C)C. The van der Waals surface area contributed by atoms with Crippen LogP contribution in [0.15, 0.2) is 72.8 Å². The van der Waals surface area contributed by atoms with Crippen LogP contribution in [0, 0.1) is 11.6 Å². The van der Waals surface area contributed by atoms with Gasteiger partial charge in [-0.05, 0) is 80.8 Å². The Morgan fingerprint density at radius 3 is 1.98 bits per heavy atom. The predicted molar refractivity (Wildman–Crippen MR) is 211 cm³/mol. The van der Waals surface area contributed by atoms with Gasteiger partial charge in [0.1, 0.15) is 23.8 Å². The van der Waals surface area contributed by atoms with Crippen molar-refractivity contribution in [2.75, 3.05) is 12.3 Å². The largest absolute Gasteiger partial charge is 0.444 e. The number of halogens is 2. The molecule has 0 aliphatic rings. The second kappa shape index (κ2) is 21.2. The summed E-state index contributed by atoms with van der Waals surface area (Å²) in [7, 11) is -3.97. The minimum Gasteiger partial charge on any atom is -0.444 e. The summed E-state index contributed by atoms with van der Waals surface area (Å²) in [4.78, 5) is 44.0. The first-order valence-corrected chi connectivity index (χ1v) is 20.8. The summed E-state index contributed by atoms with van der Waals surface area (Å²) in [5.74, 6) is -3.91. The monoisotopic (exact) mass is 801 g/mol. The molecule has 0 unspecified atom stereocenters. The third kappa shape index (κ3) is 14.3. The molecule has 3 aromatic carbocycles. The maximum absolute atomic E-state index is 14.6. The van der Waals surface area contributed by atoms with Crippen LogP contribution >= 0.6 is 0 Å². The van der Waals surface area contributed by atoms with Crippen molar-refractivity contribution in [1.82, 2.24) is 9.80 Å². The standard InChI is InChI=1S/C42H57F2N3O8S/c1-7-14-35(15-8-2)56(52,53)28-36(45)39(49)47(41(51)54-27-30-16-11-10-12-17-30)37(23-32-21-33(43)24-34(44)22-32)38(48)26-46(40(50)55-42(4,5)6)25-31-19-13-18-29(9-3)20-31/h10-13,16-22,24,35-38,48H,7-9,14-15,23,25-28,45H2,1-6H3/t36-,37-,38+/m0/s1. The second-order valence-corrected chi connectivity index (χ2v) is 17.4. The Bertz CT molecular complexity index is 1830. The molecule has 0 aliphatic heterocycles. The summed E-state index contributed by atoms with van der Waals surface area (Å²) in [5, 5.41) is 11.3. The number of rotatable bonds is 19. The Balaban J connectivity index is 2.15. The van der Waals surface area contributed by atoms with E-state index < -0.39 is 87.3 Å². The van der Waals surface area contributed by atoms with Gasteiger partial charge in [-0.15, -0.1) is 0 Å². The molecule has 0 heterocycles. The first-order chi connectivity index (χ1) is 26.4. The minimum atomic E-state index is -3.97. The third-order valence-electron chi connectivity index (χ3n) is 9.07. The van der Waals surface area contributed by atoms with E-state index in [4.69, 9.17) is 15.2 Å². The lowest BCUT2D eigenvalue weighted by molar-refractivity contribution is -0.135. The Labute approximate surface area is 330 Å². The van der Waals surface area contributed by atoms with E-state index in [-0.39, 0.29) is 18.7 Å². The van der Waals surface area contributed by atoms with Gasteiger partial charge in [-0.1, -0.05) is 88.2 Å². The van der Waals surface area contributed by atoms with E-state index >= 15 is 0 Å². The first kappa shape index (κ1) is 46.0. The van der Waals surface area contributed by atoms with Crippen LogP contribution in [-0.4, -0.2) is 82.8 Å². The van der Waals surface area contributed by atoms with Gasteiger partial charge in [0, 0.05) is 12.6 Å². The average Bonchev–Trinajstić information content (AvgIpc) is 3.12. The van der Waals surface area contributed by atoms with Gasteiger partial charge in [0.25, 0.3) is 0 Å². The number of hydrogen-bond acceptors (Lipinski definition) is 9. The van der Waals surface area contributed by atoms with E-state index in [0.717, 1.165) is 17.7 Å². The van der Waals surface area contributed by atoms with Crippen LogP contribution in [0.5, 0.6) is 0 Å². The number of nitrogens with two attached hydrogens (primary N) is 1. The number of carbonyl (C=O) groups is 3. The molecular formula is C42H57F2N3O8S. The van der Waals surface area contributed by atoms with Gasteiger partial charge in [-0.3, -0.25) is 4.79 Å². The highest BCUT2D eigenvalue weighted by molar-refractivity contribution is 7.92. The molecule has 0 aromatic heterocycles. The molecule has 0 radical (unpaired) electrons. The van der Waals surface area contributed by atoms with Crippen LogP contribution < -0.4 is 5.73 Å². The third-order valence-corrected chi connectivity index (χ3v) is 11.4. The van der Waals surface area contributed by atoms with Crippen molar-refractivity contribution in [3.05, 3.63) is 107 Å². The zero-order valence-electron chi connectivity index (χ0n) is 33.2. The molecule has 3 N–H and O–H groups in total. The average molecular weight is 802 g/mol. The summed E-state index contributed by atoms with van der Waals surface area (Å²) in [6.07, 6.45) is -1.89. The lowest BCUT2D eigenvalue weighted by Gasteiger charge is -2.37. The molecule has 0 bridgehead atoms. The summed E-state index contributed by atoms with van der Waals surface area (Å²) in [6, 6.07) is 15.1. The molecule has 3 amide bonds. The van der Waals surface area contributed by atoms with Crippen LogP contribution in [0.4, 0.5) is 18.4 Å². The van der Waals surface area contributed by atoms with Gasteiger partial charge in [0.2, 0.25) is 5.91 Å². The summed E-state index contributed by atoms with van der Waals surface area (Å²) < 4.78 is 67.6. The Morgan fingerprint density at radius 1 is 0.821 bits per heavy atom. The number of aryl methyl sites for hydroxylation is 1. The number of nitrogens with zero attached hydrogens (tertiary/aromatic N) is 2. The molecule has 0 saturated heterocycles. The molecule has 0 spiro atoms. The van der Waals surface area contributed by atoms with Gasteiger partial charge >= 0.3 is 12.2 Å². The van der Waals surface area contributed by atoms with E-state index in [9.17, 15) is 36.7 Å². The number of benzene rings is 3. The van der Waals surface area contributed by atoms with Crippen LogP contribution in [0.1, 0.15) is 89.5 Å². The number of amides is 3. The molecular weight excluding hydrogens is 745 g/mol. The Hall–Kier alpha value is -4.40. The quantitative estimate of drug-likeness (QED) is 0.129. The number of imide groups is 1. The van der Waals surface area contributed by atoms with Crippen LogP contribution in [0.3, 0.4) is 0 Å². The second-order valence-electron chi connectivity index (χ2n) is 15.0. The normalized spacial score (nSPS) is 13.5. The first-order valence-electron chi connectivity index (χ1n) is 19.1. The van der Waals surface area contributed by atoms with E-state index in [1.54, 1.807) is 57.2 Å². The number of ether oxygens (including phenoxy) is 2. The highest BCUT2D eigenvalue weighted by atomic mass is 32.2. The van der Waals surface area contributed by atoms with Crippen LogP contribution in [0.2, 0.25) is 0 Å². The molecule has 308 valence electrons. The fraction of sp³-hybridized carbons (Fsp3) is 0.500. The number of hydrogen-bond donors (Lipinski definition) is 2. The number of aliphatic hydroxyl groups is 1. The highest BCUT2D eigenvalue weighted by Gasteiger charge is 2.41. The van der Waals surface area contributed by atoms with Crippen molar-refractivity contribution in [1.29, 1.82) is 0 Å². The van der Waals surface area contributed by atoms with E-state index in [2.05, 4.69) is 0 Å². The fourth-order valence-electron chi connectivity index (χ4n) is 6.38. The van der Waals surface area contributed by atoms with Gasteiger partial charge in [-0.25, -0.2) is 31.7 Å². The van der Waals surface area contributed by atoms with E-state index in [1.807, 2.05) is 39.0 Å². The van der Waals surface area contributed by atoms with Crippen molar-refractivity contribution < 1.29 is 46.2 Å². The fourth-order valence-corrected chi connectivity index (χ4v) is 8.48. The summed E-state index contributed by atoms with van der Waals surface area (Å²) in [5.41, 5.74) is 7.58. The Kier molecular flexibility index (Phi) is 17.4. The van der Waals surface area contributed by atoms with Crippen molar-refractivity contribution >= 4 is 27.9 Å².